The van der Waals surface area contributed by atoms with Gasteiger partial charge in [0.2, 0.25) is 0 Å². The highest BCUT2D eigenvalue weighted by Crippen LogP contribution is 2.38. The van der Waals surface area contributed by atoms with Crippen molar-refractivity contribution in [2.45, 2.75) is 55.6 Å². The van der Waals surface area contributed by atoms with E-state index in [0.29, 0.717) is 6.10 Å². The number of halogens is 1. The van der Waals surface area contributed by atoms with Crippen molar-refractivity contribution in [3.8, 4) is 0 Å². The molecule has 2 aliphatic rings. The van der Waals surface area contributed by atoms with E-state index in [1.165, 1.54) is 25.7 Å². The van der Waals surface area contributed by atoms with E-state index < -0.39 is 0 Å². The van der Waals surface area contributed by atoms with E-state index in [2.05, 4.69) is 27.8 Å². The molecule has 82 valence electrons. The zero-order chi connectivity index (χ0) is 10.1. The van der Waals surface area contributed by atoms with Crippen LogP contribution in [0.4, 0.5) is 0 Å². The summed E-state index contributed by atoms with van der Waals surface area (Å²) < 4.78 is 5.35. The van der Waals surface area contributed by atoms with Crippen LogP contribution in [0.25, 0.3) is 0 Å². The molecule has 0 aliphatic carbocycles. The van der Waals surface area contributed by atoms with Crippen molar-refractivity contribution in [2.24, 2.45) is 0 Å². The Morgan fingerprint density at radius 3 is 2.43 bits per heavy atom. The normalized spacial score (nSPS) is 40.1. The Bertz CT molecular complexity index is 186. The van der Waals surface area contributed by atoms with Crippen LogP contribution in [-0.4, -0.2) is 41.6 Å². The van der Waals surface area contributed by atoms with E-state index in [9.17, 15) is 0 Å². The van der Waals surface area contributed by atoms with Crippen molar-refractivity contribution in [1.82, 2.24) is 4.90 Å². The van der Waals surface area contributed by atoms with Gasteiger partial charge in [-0.1, -0.05) is 15.9 Å². The van der Waals surface area contributed by atoms with Crippen LogP contribution in [0.3, 0.4) is 0 Å². The van der Waals surface area contributed by atoms with Crippen LogP contribution in [0.1, 0.15) is 32.6 Å². The fourth-order valence-electron chi connectivity index (χ4n) is 2.88. The Morgan fingerprint density at radius 2 is 1.93 bits per heavy atom. The van der Waals surface area contributed by atoms with Gasteiger partial charge in [0.25, 0.3) is 0 Å². The molecule has 0 N–H and O–H groups in total. The number of fused-ring (bicyclic) bond motifs is 2. The Kier molecular flexibility index (Phi) is 3.50. The number of alkyl halides is 1. The molecule has 3 unspecified atom stereocenters. The molecule has 0 amide bonds. The molecule has 2 heterocycles. The van der Waals surface area contributed by atoms with Crippen molar-refractivity contribution in [3.63, 3.8) is 0 Å². The van der Waals surface area contributed by atoms with E-state index in [1.54, 1.807) is 0 Å². The number of piperidine rings is 1. The van der Waals surface area contributed by atoms with E-state index in [-0.39, 0.29) is 0 Å². The van der Waals surface area contributed by atoms with Crippen molar-refractivity contribution in [3.05, 3.63) is 0 Å². The lowest BCUT2D eigenvalue weighted by molar-refractivity contribution is 0.0440. The smallest absolute Gasteiger partial charge is 0.0670 e. The number of hydrogen-bond donors (Lipinski definition) is 0. The first-order valence-corrected chi connectivity index (χ1v) is 6.55. The zero-order valence-corrected chi connectivity index (χ0v) is 10.7. The lowest BCUT2D eigenvalue weighted by Gasteiger charge is -2.38. The Labute approximate surface area is 95.1 Å². The van der Waals surface area contributed by atoms with Gasteiger partial charge in [0, 0.05) is 30.6 Å². The minimum Gasteiger partial charge on any atom is -0.380 e. The van der Waals surface area contributed by atoms with Crippen molar-refractivity contribution < 1.29 is 4.74 Å². The molecule has 2 saturated heterocycles. The lowest BCUT2D eigenvalue weighted by atomic mass is 10.0. The van der Waals surface area contributed by atoms with Crippen molar-refractivity contribution in [2.75, 3.05) is 13.7 Å². The van der Waals surface area contributed by atoms with E-state index in [0.717, 1.165) is 23.5 Å². The summed E-state index contributed by atoms with van der Waals surface area (Å²) in [6.45, 7) is 3.28. The summed E-state index contributed by atoms with van der Waals surface area (Å²) in [4.78, 5) is 3.43. The van der Waals surface area contributed by atoms with Gasteiger partial charge in [-0.2, -0.15) is 0 Å². The van der Waals surface area contributed by atoms with Gasteiger partial charge in [-0.15, -0.1) is 0 Å². The van der Waals surface area contributed by atoms with Crippen LogP contribution in [0, 0.1) is 0 Å². The summed E-state index contributed by atoms with van der Waals surface area (Å²) in [6, 6.07) is 1.63. The first kappa shape index (κ1) is 10.9. The first-order valence-electron chi connectivity index (χ1n) is 5.63. The summed E-state index contributed by atoms with van der Waals surface area (Å²) in [5, 5.41) is 0. The lowest BCUT2D eigenvalue weighted by Crippen LogP contribution is -2.46. The second kappa shape index (κ2) is 4.50. The molecule has 2 nitrogen and oxygen atoms in total. The van der Waals surface area contributed by atoms with Crippen molar-refractivity contribution in [1.29, 1.82) is 0 Å². The average Bonchev–Trinajstić information content (AvgIpc) is 2.41. The number of rotatable bonds is 3. The third-order valence-electron chi connectivity index (χ3n) is 3.70. The number of nitrogens with zero attached hydrogens (tertiary/aromatic N) is 1. The van der Waals surface area contributed by atoms with Crippen LogP contribution >= 0.6 is 15.9 Å². The molecule has 2 bridgehead atoms. The Hall–Kier alpha value is 0.400. The zero-order valence-electron chi connectivity index (χ0n) is 9.08. The fourth-order valence-corrected chi connectivity index (χ4v) is 3.74. The monoisotopic (exact) mass is 261 g/mol. The predicted octanol–water partition coefficient (Wildman–Crippen LogP) is 2.41. The van der Waals surface area contributed by atoms with E-state index >= 15 is 0 Å². The third kappa shape index (κ3) is 2.15. The van der Waals surface area contributed by atoms with Gasteiger partial charge in [0.05, 0.1) is 6.10 Å². The average molecular weight is 262 g/mol. The van der Waals surface area contributed by atoms with E-state index in [4.69, 9.17) is 4.74 Å². The highest BCUT2D eigenvalue weighted by Gasteiger charge is 2.40. The Balaban J connectivity index is 1.94. The molecule has 2 rings (SSSR count). The van der Waals surface area contributed by atoms with Crippen LogP contribution in [-0.2, 0) is 4.74 Å². The van der Waals surface area contributed by atoms with Gasteiger partial charge in [-0.3, -0.25) is 4.90 Å². The third-order valence-corrected chi connectivity index (χ3v) is 4.44. The quantitative estimate of drug-likeness (QED) is 0.724. The number of methoxy groups -OCH3 is 1. The molecule has 0 aromatic rings. The molecule has 0 radical (unpaired) electrons. The highest BCUT2D eigenvalue weighted by molar-refractivity contribution is 9.09. The SMILES string of the molecule is COC(C)CN1C2CCC1CC(Br)C2. The maximum atomic E-state index is 5.35. The minimum atomic E-state index is 0.380. The van der Waals surface area contributed by atoms with Gasteiger partial charge in [0.1, 0.15) is 0 Å². The number of hydrogen-bond acceptors (Lipinski definition) is 2. The van der Waals surface area contributed by atoms with Gasteiger partial charge >= 0.3 is 0 Å². The fraction of sp³-hybridized carbons (Fsp3) is 1.00. The van der Waals surface area contributed by atoms with Gasteiger partial charge in [-0.05, 0) is 32.6 Å². The largest absolute Gasteiger partial charge is 0.380 e. The maximum Gasteiger partial charge on any atom is 0.0670 e. The van der Waals surface area contributed by atoms with Gasteiger partial charge in [-0.25, -0.2) is 0 Å². The van der Waals surface area contributed by atoms with Gasteiger partial charge in [0.15, 0.2) is 0 Å². The summed E-state index contributed by atoms with van der Waals surface area (Å²) in [5.41, 5.74) is 0. The van der Waals surface area contributed by atoms with Crippen LogP contribution in [0.15, 0.2) is 0 Å². The minimum absolute atomic E-state index is 0.380. The first-order chi connectivity index (χ1) is 6.70. The van der Waals surface area contributed by atoms with Crippen LogP contribution in [0.5, 0.6) is 0 Å². The molecule has 0 spiro atoms. The molecule has 0 saturated carbocycles. The Morgan fingerprint density at radius 1 is 1.36 bits per heavy atom. The molecule has 3 heteroatoms. The molecule has 2 fully saturated rings. The van der Waals surface area contributed by atoms with Crippen LogP contribution in [0.2, 0.25) is 0 Å². The molecule has 0 aromatic heterocycles. The molecule has 14 heavy (non-hydrogen) atoms. The predicted molar refractivity (Wildman–Crippen MR) is 61.9 cm³/mol. The molecular formula is C11H20BrNO. The van der Waals surface area contributed by atoms with Gasteiger partial charge < -0.3 is 4.74 Å². The summed E-state index contributed by atoms with van der Waals surface area (Å²) >= 11 is 3.76. The topological polar surface area (TPSA) is 12.5 Å². The molecule has 0 aromatic carbocycles. The summed E-state index contributed by atoms with van der Waals surface area (Å²) in [6.07, 6.45) is 5.82. The number of ether oxygens (including phenoxy) is 1. The molecular weight excluding hydrogens is 242 g/mol. The maximum absolute atomic E-state index is 5.35. The van der Waals surface area contributed by atoms with Crippen LogP contribution < -0.4 is 0 Å². The summed E-state index contributed by atoms with van der Waals surface area (Å²) in [7, 11) is 1.81. The van der Waals surface area contributed by atoms with E-state index in [1.807, 2.05) is 7.11 Å². The highest BCUT2D eigenvalue weighted by atomic mass is 79.9. The molecule has 3 atom stereocenters. The second-order valence-corrected chi connectivity index (χ2v) is 5.99. The second-order valence-electron chi connectivity index (χ2n) is 4.70. The van der Waals surface area contributed by atoms with Crippen molar-refractivity contribution >= 4 is 15.9 Å². The molecule has 2 aliphatic heterocycles. The summed E-state index contributed by atoms with van der Waals surface area (Å²) in [5.74, 6) is 0. The standard InChI is InChI=1S/C11H20BrNO/c1-8(14-2)7-13-10-3-4-11(13)6-9(12)5-10/h8-11H,3-7H2,1-2H3.